The van der Waals surface area contributed by atoms with Crippen LogP contribution < -0.4 is 5.73 Å². The standard InChI is InChI=1S/C12H15F2N5O/c1-3-6-5(2)7(13)11(20-6)19-4-16-8-9(15)17-12(14)18-10(8)19/h4-7,11H,3H2,1-2H3,(H2,15,17,18)/t5-,6-,7+,11-/m1/s1. The van der Waals surface area contributed by atoms with Gasteiger partial charge in [0.25, 0.3) is 0 Å². The van der Waals surface area contributed by atoms with Crippen molar-refractivity contribution in [1.82, 2.24) is 19.5 Å². The van der Waals surface area contributed by atoms with Crippen molar-refractivity contribution in [1.29, 1.82) is 0 Å². The molecule has 0 aromatic carbocycles. The quantitative estimate of drug-likeness (QED) is 0.851. The minimum atomic E-state index is -1.21. The molecule has 1 aliphatic rings. The zero-order valence-corrected chi connectivity index (χ0v) is 11.1. The summed E-state index contributed by atoms with van der Waals surface area (Å²) in [5.74, 6) is -0.314. The van der Waals surface area contributed by atoms with Gasteiger partial charge < -0.3 is 10.5 Å². The third-order valence-corrected chi connectivity index (χ3v) is 3.77. The maximum Gasteiger partial charge on any atom is 0.312 e. The van der Waals surface area contributed by atoms with E-state index in [0.717, 1.165) is 0 Å². The van der Waals surface area contributed by atoms with Crippen LogP contribution in [0.2, 0.25) is 0 Å². The number of aromatic nitrogens is 4. The average molecular weight is 283 g/mol. The molecule has 1 fully saturated rings. The molecule has 2 aromatic heterocycles. The molecule has 0 radical (unpaired) electrons. The van der Waals surface area contributed by atoms with Crippen LogP contribution >= 0.6 is 0 Å². The summed E-state index contributed by atoms with van der Waals surface area (Å²) in [4.78, 5) is 11.1. The predicted molar refractivity (Wildman–Crippen MR) is 68.0 cm³/mol. The van der Waals surface area contributed by atoms with E-state index in [1.54, 1.807) is 6.92 Å². The lowest BCUT2D eigenvalue weighted by atomic mass is 10.00. The Labute approximate surface area is 114 Å². The minimum absolute atomic E-state index is 0.0697. The van der Waals surface area contributed by atoms with E-state index >= 15 is 0 Å². The van der Waals surface area contributed by atoms with Gasteiger partial charge in [-0.15, -0.1) is 0 Å². The Kier molecular flexibility index (Phi) is 3.04. The number of nitrogen functional groups attached to an aromatic ring is 1. The van der Waals surface area contributed by atoms with E-state index in [0.29, 0.717) is 6.42 Å². The number of hydrogen-bond donors (Lipinski definition) is 1. The maximum absolute atomic E-state index is 14.4. The van der Waals surface area contributed by atoms with E-state index in [9.17, 15) is 8.78 Å². The predicted octanol–water partition coefficient (Wildman–Crippen LogP) is 1.83. The number of imidazole rings is 1. The van der Waals surface area contributed by atoms with Gasteiger partial charge >= 0.3 is 6.08 Å². The van der Waals surface area contributed by atoms with Crippen molar-refractivity contribution in [3.05, 3.63) is 12.4 Å². The van der Waals surface area contributed by atoms with Crippen molar-refractivity contribution in [2.45, 2.75) is 38.8 Å². The Morgan fingerprint density at radius 1 is 1.45 bits per heavy atom. The first-order valence-electron chi connectivity index (χ1n) is 6.48. The SMILES string of the molecule is CC[C@H]1O[C@@H](n2cnc3c(N)nc(F)nc32)[C@@H](F)[C@@H]1C. The zero-order valence-electron chi connectivity index (χ0n) is 11.1. The van der Waals surface area contributed by atoms with Gasteiger partial charge in [-0.2, -0.15) is 14.4 Å². The summed E-state index contributed by atoms with van der Waals surface area (Å²) in [6, 6.07) is 0. The van der Waals surface area contributed by atoms with Crippen molar-refractivity contribution in [3.8, 4) is 0 Å². The molecule has 20 heavy (non-hydrogen) atoms. The van der Waals surface area contributed by atoms with Gasteiger partial charge in [0.2, 0.25) is 0 Å². The number of alkyl halides is 1. The topological polar surface area (TPSA) is 78.9 Å². The second-order valence-electron chi connectivity index (χ2n) is 4.98. The van der Waals surface area contributed by atoms with E-state index in [2.05, 4.69) is 15.0 Å². The lowest BCUT2D eigenvalue weighted by Gasteiger charge is -2.15. The van der Waals surface area contributed by atoms with Crippen LogP contribution in [0.15, 0.2) is 6.33 Å². The molecular weight excluding hydrogens is 268 g/mol. The molecule has 0 unspecified atom stereocenters. The molecule has 0 spiro atoms. The van der Waals surface area contributed by atoms with Crippen LogP contribution in [-0.2, 0) is 4.74 Å². The Hall–Kier alpha value is -1.83. The summed E-state index contributed by atoms with van der Waals surface area (Å²) in [5, 5.41) is 0. The third kappa shape index (κ3) is 1.82. The zero-order chi connectivity index (χ0) is 14.4. The molecular formula is C12H15F2N5O. The molecule has 1 saturated heterocycles. The van der Waals surface area contributed by atoms with E-state index < -0.39 is 18.5 Å². The Morgan fingerprint density at radius 2 is 2.20 bits per heavy atom. The highest BCUT2D eigenvalue weighted by Crippen LogP contribution is 2.38. The molecule has 108 valence electrons. The van der Waals surface area contributed by atoms with Crippen molar-refractivity contribution in [3.63, 3.8) is 0 Å². The van der Waals surface area contributed by atoms with E-state index in [-0.39, 0.29) is 29.0 Å². The molecule has 2 aromatic rings. The molecule has 6 nitrogen and oxygen atoms in total. The van der Waals surface area contributed by atoms with Crippen LogP contribution in [0.25, 0.3) is 11.2 Å². The van der Waals surface area contributed by atoms with Gasteiger partial charge in [-0.3, -0.25) is 4.57 Å². The Morgan fingerprint density at radius 3 is 2.85 bits per heavy atom. The number of nitrogens with two attached hydrogens (primary N) is 1. The van der Waals surface area contributed by atoms with E-state index in [1.165, 1.54) is 10.9 Å². The fourth-order valence-electron chi connectivity index (χ4n) is 2.63. The number of anilines is 1. The first kappa shape index (κ1) is 13.2. The molecule has 0 saturated carbocycles. The Bertz CT molecular complexity index is 646. The summed E-state index contributed by atoms with van der Waals surface area (Å²) in [6.45, 7) is 3.73. The molecule has 3 heterocycles. The summed E-state index contributed by atoms with van der Waals surface area (Å²) < 4.78 is 34.7. The van der Waals surface area contributed by atoms with Crippen LogP contribution in [0.1, 0.15) is 26.5 Å². The van der Waals surface area contributed by atoms with Gasteiger partial charge in [-0.1, -0.05) is 13.8 Å². The number of ether oxygens (including phenoxy) is 1. The number of hydrogen-bond acceptors (Lipinski definition) is 5. The monoisotopic (exact) mass is 283 g/mol. The van der Waals surface area contributed by atoms with Crippen molar-refractivity contribution < 1.29 is 13.5 Å². The minimum Gasteiger partial charge on any atom is -0.382 e. The van der Waals surface area contributed by atoms with Gasteiger partial charge in [0.1, 0.15) is 0 Å². The van der Waals surface area contributed by atoms with Gasteiger partial charge in [-0.05, 0) is 6.42 Å². The molecule has 0 bridgehead atoms. The smallest absolute Gasteiger partial charge is 0.312 e. The van der Waals surface area contributed by atoms with Gasteiger partial charge in [0, 0.05) is 5.92 Å². The number of halogens is 2. The maximum atomic E-state index is 14.4. The number of rotatable bonds is 2. The first-order valence-corrected chi connectivity index (χ1v) is 6.48. The summed E-state index contributed by atoms with van der Waals surface area (Å²) >= 11 is 0. The van der Waals surface area contributed by atoms with Crippen LogP contribution in [0.5, 0.6) is 0 Å². The van der Waals surface area contributed by atoms with Crippen molar-refractivity contribution >= 4 is 17.0 Å². The van der Waals surface area contributed by atoms with Gasteiger partial charge in [0.15, 0.2) is 29.4 Å². The number of nitrogens with zero attached hydrogens (tertiary/aromatic N) is 4. The molecule has 2 N–H and O–H groups in total. The Balaban J connectivity index is 2.07. The second kappa shape index (κ2) is 4.62. The second-order valence-corrected chi connectivity index (χ2v) is 4.98. The number of fused-ring (bicyclic) bond motifs is 1. The van der Waals surface area contributed by atoms with Crippen molar-refractivity contribution in [2.24, 2.45) is 5.92 Å². The van der Waals surface area contributed by atoms with Gasteiger partial charge in [0.05, 0.1) is 12.4 Å². The van der Waals surface area contributed by atoms with Crippen LogP contribution in [0.4, 0.5) is 14.6 Å². The summed E-state index contributed by atoms with van der Waals surface area (Å²) in [6.07, 6.45) is -1.17. The average Bonchev–Trinajstić information content (AvgIpc) is 2.93. The molecule has 4 atom stereocenters. The molecule has 3 rings (SSSR count). The summed E-state index contributed by atoms with van der Waals surface area (Å²) in [5.41, 5.74) is 5.97. The van der Waals surface area contributed by atoms with E-state index in [1.807, 2.05) is 6.92 Å². The summed E-state index contributed by atoms with van der Waals surface area (Å²) in [7, 11) is 0. The molecule has 8 heteroatoms. The highest BCUT2D eigenvalue weighted by Gasteiger charge is 2.43. The third-order valence-electron chi connectivity index (χ3n) is 3.77. The highest BCUT2D eigenvalue weighted by atomic mass is 19.1. The lowest BCUT2D eigenvalue weighted by Crippen LogP contribution is -2.20. The molecule has 1 aliphatic heterocycles. The van der Waals surface area contributed by atoms with Gasteiger partial charge in [-0.25, -0.2) is 9.37 Å². The van der Waals surface area contributed by atoms with Crippen LogP contribution in [0, 0.1) is 12.0 Å². The first-order chi connectivity index (χ1) is 9.52. The normalized spacial score (nSPS) is 30.2. The highest BCUT2D eigenvalue weighted by molar-refractivity contribution is 5.81. The molecule has 0 aliphatic carbocycles. The van der Waals surface area contributed by atoms with Crippen LogP contribution in [0.3, 0.4) is 0 Å². The van der Waals surface area contributed by atoms with Crippen LogP contribution in [-0.4, -0.2) is 31.8 Å². The van der Waals surface area contributed by atoms with E-state index in [4.69, 9.17) is 10.5 Å². The molecule has 0 amide bonds. The lowest BCUT2D eigenvalue weighted by molar-refractivity contribution is -0.0187. The largest absolute Gasteiger partial charge is 0.382 e. The van der Waals surface area contributed by atoms with Crippen molar-refractivity contribution in [2.75, 3.05) is 5.73 Å². The fraction of sp³-hybridized carbons (Fsp3) is 0.583. The fourth-order valence-corrected chi connectivity index (χ4v) is 2.63.